The van der Waals surface area contributed by atoms with Crippen LogP contribution in [0.5, 0.6) is 0 Å². The van der Waals surface area contributed by atoms with Gasteiger partial charge in [0, 0.05) is 12.8 Å². The van der Waals surface area contributed by atoms with E-state index in [1.165, 1.54) is 5.56 Å². The summed E-state index contributed by atoms with van der Waals surface area (Å²) in [5.74, 6) is 0. The van der Waals surface area contributed by atoms with Crippen LogP contribution in [0.1, 0.15) is 12.0 Å². The van der Waals surface area contributed by atoms with Crippen molar-refractivity contribution in [2.45, 2.75) is 12.8 Å². The third kappa shape index (κ3) is 1.67. The van der Waals surface area contributed by atoms with Crippen LogP contribution in [0.15, 0.2) is 24.7 Å². The summed E-state index contributed by atoms with van der Waals surface area (Å²) in [4.78, 5) is 0. The topological polar surface area (TPSA) is 50.4 Å². The molecule has 0 fully saturated rings. The molecule has 0 amide bonds. The first-order valence-corrected chi connectivity index (χ1v) is 4.29. The van der Waals surface area contributed by atoms with Crippen molar-refractivity contribution in [3.05, 3.63) is 30.2 Å². The fourth-order valence-corrected chi connectivity index (χ4v) is 1.30. The summed E-state index contributed by atoms with van der Waals surface area (Å²) >= 11 is 0. The third-order valence-corrected chi connectivity index (χ3v) is 1.99. The van der Waals surface area contributed by atoms with E-state index < -0.39 is 0 Å². The average molecular weight is 177 g/mol. The first-order valence-electron chi connectivity index (χ1n) is 4.29. The summed E-state index contributed by atoms with van der Waals surface area (Å²) in [5, 5.41) is 16.4. The lowest BCUT2D eigenvalue weighted by Gasteiger charge is -1.98. The Labute approximate surface area is 75.8 Å². The fourth-order valence-electron chi connectivity index (χ4n) is 1.30. The zero-order valence-electron chi connectivity index (χ0n) is 7.22. The molecule has 2 heterocycles. The quantitative estimate of drug-likeness (QED) is 0.749. The molecule has 1 N–H and O–H groups in total. The molecule has 0 saturated heterocycles. The van der Waals surface area contributed by atoms with Crippen molar-refractivity contribution in [3.8, 4) is 0 Å². The highest BCUT2D eigenvalue weighted by atomic mass is 16.2. The molecule has 0 bridgehead atoms. The van der Waals surface area contributed by atoms with Crippen molar-refractivity contribution in [1.29, 1.82) is 0 Å². The number of rotatable bonds is 3. The van der Waals surface area contributed by atoms with Crippen molar-refractivity contribution in [2.75, 3.05) is 6.61 Å². The third-order valence-electron chi connectivity index (χ3n) is 1.99. The molecule has 0 aromatic carbocycles. The van der Waals surface area contributed by atoms with Crippen molar-refractivity contribution in [1.82, 2.24) is 14.6 Å². The van der Waals surface area contributed by atoms with Gasteiger partial charge in [0.15, 0.2) is 5.65 Å². The Balaban J connectivity index is 2.26. The monoisotopic (exact) mass is 177 g/mol. The molecule has 13 heavy (non-hydrogen) atoms. The maximum Gasteiger partial charge on any atom is 0.160 e. The van der Waals surface area contributed by atoms with Gasteiger partial charge in [-0.1, -0.05) is 0 Å². The molecule has 0 aliphatic heterocycles. The minimum atomic E-state index is 0.234. The molecular weight excluding hydrogens is 166 g/mol. The second kappa shape index (κ2) is 3.53. The van der Waals surface area contributed by atoms with Gasteiger partial charge < -0.3 is 5.11 Å². The largest absolute Gasteiger partial charge is 0.396 e. The molecular formula is C9H11N3O. The molecule has 68 valence electrons. The molecule has 2 aromatic rings. The summed E-state index contributed by atoms with van der Waals surface area (Å²) in [6.45, 7) is 0.234. The summed E-state index contributed by atoms with van der Waals surface area (Å²) in [6.07, 6.45) is 5.29. The molecule has 0 aliphatic rings. The van der Waals surface area contributed by atoms with Gasteiger partial charge in [-0.15, -0.1) is 10.2 Å². The van der Waals surface area contributed by atoms with Gasteiger partial charge in [0.25, 0.3) is 0 Å². The Morgan fingerprint density at radius 2 is 2.38 bits per heavy atom. The van der Waals surface area contributed by atoms with Gasteiger partial charge in [-0.05, 0) is 30.5 Å². The SMILES string of the molecule is OCCCc1ccn2cnnc2c1. The lowest BCUT2D eigenvalue weighted by Crippen LogP contribution is -1.91. The number of aryl methyl sites for hydroxylation is 1. The van der Waals surface area contributed by atoms with Crippen LogP contribution in [-0.2, 0) is 6.42 Å². The van der Waals surface area contributed by atoms with E-state index in [2.05, 4.69) is 10.2 Å². The Morgan fingerprint density at radius 3 is 3.23 bits per heavy atom. The molecule has 2 aromatic heterocycles. The van der Waals surface area contributed by atoms with E-state index in [9.17, 15) is 0 Å². The van der Waals surface area contributed by atoms with E-state index in [1.54, 1.807) is 6.33 Å². The lowest BCUT2D eigenvalue weighted by molar-refractivity contribution is 0.288. The van der Waals surface area contributed by atoms with E-state index in [4.69, 9.17) is 5.11 Å². The van der Waals surface area contributed by atoms with Crippen LogP contribution in [0.2, 0.25) is 0 Å². The number of fused-ring (bicyclic) bond motifs is 1. The zero-order valence-corrected chi connectivity index (χ0v) is 7.22. The average Bonchev–Trinajstić information content (AvgIpc) is 2.61. The first kappa shape index (κ1) is 8.19. The second-order valence-electron chi connectivity index (χ2n) is 2.96. The summed E-state index contributed by atoms with van der Waals surface area (Å²) in [7, 11) is 0. The predicted octanol–water partition coefficient (Wildman–Crippen LogP) is 0.654. The zero-order chi connectivity index (χ0) is 9.10. The van der Waals surface area contributed by atoms with Crippen LogP contribution in [0.25, 0.3) is 5.65 Å². The molecule has 0 atom stereocenters. The van der Waals surface area contributed by atoms with Crippen molar-refractivity contribution in [3.63, 3.8) is 0 Å². The highest BCUT2D eigenvalue weighted by molar-refractivity contribution is 5.39. The highest BCUT2D eigenvalue weighted by Gasteiger charge is 1.97. The lowest BCUT2D eigenvalue weighted by atomic mass is 10.1. The van der Waals surface area contributed by atoms with E-state index in [0.29, 0.717) is 0 Å². The maximum absolute atomic E-state index is 8.67. The van der Waals surface area contributed by atoms with Crippen molar-refractivity contribution < 1.29 is 5.11 Å². The summed E-state index contributed by atoms with van der Waals surface area (Å²) < 4.78 is 1.86. The van der Waals surface area contributed by atoms with Crippen LogP contribution in [0.3, 0.4) is 0 Å². The van der Waals surface area contributed by atoms with Gasteiger partial charge in [0.05, 0.1) is 0 Å². The Morgan fingerprint density at radius 1 is 1.46 bits per heavy atom. The van der Waals surface area contributed by atoms with Crippen molar-refractivity contribution in [2.24, 2.45) is 0 Å². The van der Waals surface area contributed by atoms with Gasteiger partial charge in [0.1, 0.15) is 6.33 Å². The number of aromatic nitrogens is 3. The van der Waals surface area contributed by atoms with Crippen LogP contribution in [-0.4, -0.2) is 26.3 Å². The van der Waals surface area contributed by atoms with E-state index in [0.717, 1.165) is 18.5 Å². The molecule has 0 saturated carbocycles. The molecule has 0 spiro atoms. The minimum absolute atomic E-state index is 0.234. The molecule has 0 radical (unpaired) electrons. The smallest absolute Gasteiger partial charge is 0.160 e. The van der Waals surface area contributed by atoms with Gasteiger partial charge in [-0.2, -0.15) is 0 Å². The number of hydrogen-bond acceptors (Lipinski definition) is 3. The number of aliphatic hydroxyl groups excluding tert-OH is 1. The van der Waals surface area contributed by atoms with Gasteiger partial charge in [-0.3, -0.25) is 4.40 Å². The summed E-state index contributed by atoms with van der Waals surface area (Å²) in [6, 6.07) is 4.01. The van der Waals surface area contributed by atoms with Crippen LogP contribution < -0.4 is 0 Å². The van der Waals surface area contributed by atoms with E-state index in [1.807, 2.05) is 22.7 Å². The number of pyridine rings is 1. The van der Waals surface area contributed by atoms with Gasteiger partial charge in [-0.25, -0.2) is 0 Å². The maximum atomic E-state index is 8.67. The predicted molar refractivity (Wildman–Crippen MR) is 48.4 cm³/mol. The molecule has 2 rings (SSSR count). The molecule has 4 heteroatoms. The first-order chi connectivity index (χ1) is 6.40. The van der Waals surface area contributed by atoms with Crippen LogP contribution in [0, 0.1) is 0 Å². The van der Waals surface area contributed by atoms with Crippen molar-refractivity contribution >= 4 is 5.65 Å². The Hall–Kier alpha value is -1.42. The van der Waals surface area contributed by atoms with Crippen LogP contribution in [0.4, 0.5) is 0 Å². The standard InChI is InChI=1S/C9H11N3O/c13-5-1-2-8-3-4-12-7-10-11-9(12)6-8/h3-4,6-7,13H,1-2,5H2. The number of aliphatic hydroxyl groups is 1. The Bertz CT molecular complexity index is 396. The minimum Gasteiger partial charge on any atom is -0.396 e. The number of hydrogen-bond donors (Lipinski definition) is 1. The molecule has 0 unspecified atom stereocenters. The highest BCUT2D eigenvalue weighted by Crippen LogP contribution is 2.06. The second-order valence-corrected chi connectivity index (χ2v) is 2.96. The van der Waals surface area contributed by atoms with Gasteiger partial charge >= 0.3 is 0 Å². The normalized spacial score (nSPS) is 10.8. The number of nitrogens with zero attached hydrogens (tertiary/aromatic N) is 3. The molecule has 0 aliphatic carbocycles. The van der Waals surface area contributed by atoms with Gasteiger partial charge in [0.2, 0.25) is 0 Å². The summed E-state index contributed by atoms with van der Waals surface area (Å²) in [5.41, 5.74) is 2.05. The fraction of sp³-hybridized carbons (Fsp3) is 0.333. The van der Waals surface area contributed by atoms with Crippen LogP contribution >= 0.6 is 0 Å². The van der Waals surface area contributed by atoms with E-state index >= 15 is 0 Å². The Kier molecular flexibility index (Phi) is 2.23. The van der Waals surface area contributed by atoms with E-state index in [-0.39, 0.29) is 6.61 Å². The molecule has 4 nitrogen and oxygen atoms in total.